The highest BCUT2D eigenvalue weighted by Gasteiger charge is 2.34. The summed E-state index contributed by atoms with van der Waals surface area (Å²) in [5.41, 5.74) is -0.783. The van der Waals surface area contributed by atoms with Crippen molar-refractivity contribution in [1.82, 2.24) is 0 Å². The van der Waals surface area contributed by atoms with Crippen LogP contribution in [0.4, 0.5) is 0 Å². The van der Waals surface area contributed by atoms with Crippen molar-refractivity contribution in [3.05, 3.63) is 37.3 Å². The molecule has 0 bridgehead atoms. The molecule has 1 aliphatic rings. The minimum absolute atomic E-state index is 0.101. The lowest BCUT2D eigenvalue weighted by Crippen LogP contribution is -2.26. The van der Waals surface area contributed by atoms with Gasteiger partial charge in [-0.05, 0) is 63.4 Å². The zero-order valence-electron chi connectivity index (χ0n) is 19.1. The molecule has 0 aliphatic heterocycles. The summed E-state index contributed by atoms with van der Waals surface area (Å²) < 4.78 is 0. The van der Waals surface area contributed by atoms with E-state index in [-0.39, 0.29) is 11.7 Å². The summed E-state index contributed by atoms with van der Waals surface area (Å²) in [6, 6.07) is 0. The molecule has 0 spiro atoms. The molecule has 1 fully saturated rings. The Morgan fingerprint density at radius 1 is 1.16 bits per heavy atom. The maximum absolute atomic E-state index is 12.3. The van der Waals surface area contributed by atoms with Gasteiger partial charge in [-0.2, -0.15) is 0 Å². The predicted octanol–water partition coefficient (Wildman–Crippen LogP) is 5.11. The van der Waals surface area contributed by atoms with Crippen molar-refractivity contribution in [2.24, 2.45) is 11.8 Å². The molecule has 0 saturated heterocycles. The average Bonchev–Trinajstić information content (AvgIpc) is 3.11. The van der Waals surface area contributed by atoms with Gasteiger partial charge in [-0.3, -0.25) is 9.59 Å². The van der Waals surface area contributed by atoms with Crippen molar-refractivity contribution < 1.29 is 30.0 Å². The lowest BCUT2D eigenvalue weighted by molar-refractivity contribution is -0.121. The highest BCUT2D eigenvalue weighted by atomic mass is 16.3. The lowest BCUT2D eigenvalue weighted by atomic mass is 9.84. The van der Waals surface area contributed by atoms with Gasteiger partial charge in [0.1, 0.15) is 12.4 Å². The third kappa shape index (κ3) is 11.9. The van der Waals surface area contributed by atoms with Crippen molar-refractivity contribution in [2.45, 2.75) is 89.6 Å². The van der Waals surface area contributed by atoms with Crippen LogP contribution in [0.25, 0.3) is 0 Å². The molecule has 0 aromatic rings. The number of carbonyl (C=O) groups is 2. The standard InChI is InChI=1S/C23H38O5.C2H4O/c1-3-5-15-23(28,4-2)16-9-10-18-13-14-20(25)19(18)11-7-6-8-12-21(26)22(27)17-24;1-2-3/h4,12,18-19,24,26,28H,2-3,5-11,13-17H2,1H3;2-3H,1H2/t18-,19+,23?;/m0./s1. The monoisotopic (exact) mass is 438 g/mol. The predicted molar refractivity (Wildman–Crippen MR) is 124 cm³/mol. The Labute approximate surface area is 187 Å². The molecule has 6 heteroatoms. The van der Waals surface area contributed by atoms with Gasteiger partial charge in [-0.15, -0.1) is 6.58 Å². The molecule has 1 rings (SSSR count). The molecule has 0 radical (unpaired) electrons. The Bertz CT molecular complexity index is 583. The first-order valence-electron chi connectivity index (χ1n) is 11.5. The number of Topliss-reactive ketones (excluding diaryl/α,β-unsaturated/α-hetero) is 2. The largest absolute Gasteiger partial charge is 0.516 e. The molecule has 178 valence electrons. The van der Waals surface area contributed by atoms with Gasteiger partial charge in [0.25, 0.3) is 0 Å². The Morgan fingerprint density at radius 2 is 1.81 bits per heavy atom. The molecule has 0 aromatic heterocycles. The smallest absolute Gasteiger partial charge is 0.221 e. The molecule has 1 unspecified atom stereocenters. The number of hydrogen-bond donors (Lipinski definition) is 4. The normalized spacial score (nSPS) is 20.5. The van der Waals surface area contributed by atoms with Crippen molar-refractivity contribution >= 4 is 11.6 Å². The average molecular weight is 439 g/mol. The number of carbonyl (C=O) groups excluding carboxylic acids is 2. The summed E-state index contributed by atoms with van der Waals surface area (Å²) in [5.74, 6) is -0.194. The van der Waals surface area contributed by atoms with Crippen LogP contribution in [0.15, 0.2) is 37.3 Å². The van der Waals surface area contributed by atoms with Crippen LogP contribution < -0.4 is 0 Å². The number of aliphatic hydroxyl groups is 4. The fraction of sp³-hybridized carbons (Fsp3) is 0.680. The summed E-state index contributed by atoms with van der Waals surface area (Å²) in [6.07, 6.45) is 13.9. The van der Waals surface area contributed by atoms with Crippen molar-refractivity contribution in [3.8, 4) is 0 Å². The molecule has 6 nitrogen and oxygen atoms in total. The van der Waals surface area contributed by atoms with E-state index in [2.05, 4.69) is 20.1 Å². The van der Waals surface area contributed by atoms with E-state index in [0.29, 0.717) is 31.0 Å². The van der Waals surface area contributed by atoms with Crippen LogP contribution in [0.3, 0.4) is 0 Å². The quantitative estimate of drug-likeness (QED) is 0.122. The highest BCUT2D eigenvalue weighted by molar-refractivity contribution is 5.93. The second kappa shape index (κ2) is 16.7. The number of hydrogen-bond acceptors (Lipinski definition) is 6. The number of unbranched alkanes of at least 4 members (excludes halogenated alkanes) is 3. The van der Waals surface area contributed by atoms with Crippen LogP contribution in [0.5, 0.6) is 0 Å². The topological polar surface area (TPSA) is 115 Å². The zero-order chi connectivity index (χ0) is 23.7. The molecular weight excluding hydrogens is 396 g/mol. The second-order valence-electron chi connectivity index (χ2n) is 8.31. The first-order valence-corrected chi connectivity index (χ1v) is 11.5. The molecular formula is C25H42O6. The number of aliphatic hydroxyl groups excluding tert-OH is 3. The summed E-state index contributed by atoms with van der Waals surface area (Å²) in [5, 5.41) is 36.0. The van der Waals surface area contributed by atoms with Crippen LogP contribution in [-0.4, -0.2) is 44.2 Å². The number of ketones is 2. The molecule has 0 aromatic carbocycles. The SMILES string of the molecule is C=CC(O)(CCCC)CCC[C@H]1CCC(=O)[C@@H]1CCCCC=C(O)C(=O)CO.C=CO. The first kappa shape index (κ1) is 29.1. The van der Waals surface area contributed by atoms with Crippen molar-refractivity contribution in [2.75, 3.05) is 6.61 Å². The zero-order valence-corrected chi connectivity index (χ0v) is 19.1. The summed E-state index contributed by atoms with van der Waals surface area (Å²) in [7, 11) is 0. The van der Waals surface area contributed by atoms with Gasteiger partial charge >= 0.3 is 0 Å². The van der Waals surface area contributed by atoms with E-state index in [1.807, 2.05) is 0 Å². The number of rotatable bonds is 15. The highest BCUT2D eigenvalue weighted by Crippen LogP contribution is 2.37. The Hall–Kier alpha value is -1.92. The summed E-state index contributed by atoms with van der Waals surface area (Å²) in [4.78, 5) is 23.3. The maximum Gasteiger partial charge on any atom is 0.221 e. The summed E-state index contributed by atoms with van der Waals surface area (Å²) >= 11 is 0. The van der Waals surface area contributed by atoms with E-state index in [4.69, 9.17) is 10.2 Å². The molecule has 3 atom stereocenters. The van der Waals surface area contributed by atoms with Gasteiger partial charge in [-0.1, -0.05) is 38.8 Å². The fourth-order valence-electron chi connectivity index (χ4n) is 4.14. The van der Waals surface area contributed by atoms with E-state index in [1.54, 1.807) is 6.08 Å². The van der Waals surface area contributed by atoms with Gasteiger partial charge in [0, 0.05) is 12.3 Å². The minimum Gasteiger partial charge on any atom is -0.516 e. The van der Waals surface area contributed by atoms with Crippen LogP contribution in [-0.2, 0) is 9.59 Å². The van der Waals surface area contributed by atoms with Crippen molar-refractivity contribution in [1.29, 1.82) is 0 Å². The fourth-order valence-corrected chi connectivity index (χ4v) is 4.14. The molecule has 1 aliphatic carbocycles. The molecule has 0 amide bonds. The number of allylic oxidation sites excluding steroid dienone is 1. The Morgan fingerprint density at radius 3 is 2.39 bits per heavy atom. The van der Waals surface area contributed by atoms with Crippen LogP contribution >= 0.6 is 0 Å². The second-order valence-corrected chi connectivity index (χ2v) is 8.31. The minimum atomic E-state index is -0.783. The van der Waals surface area contributed by atoms with Crippen LogP contribution in [0.1, 0.15) is 84.0 Å². The van der Waals surface area contributed by atoms with Gasteiger partial charge in [0.15, 0.2) is 5.76 Å². The van der Waals surface area contributed by atoms with Crippen LogP contribution in [0.2, 0.25) is 0 Å². The maximum atomic E-state index is 12.3. The van der Waals surface area contributed by atoms with E-state index in [9.17, 15) is 19.8 Å². The Balaban J connectivity index is 0.00000282. The van der Waals surface area contributed by atoms with Crippen molar-refractivity contribution in [3.63, 3.8) is 0 Å². The first-order chi connectivity index (χ1) is 14.8. The molecule has 0 heterocycles. The van der Waals surface area contributed by atoms with Gasteiger partial charge in [0.05, 0.1) is 11.9 Å². The third-order valence-electron chi connectivity index (χ3n) is 6.01. The summed E-state index contributed by atoms with van der Waals surface area (Å²) in [6.45, 7) is 8.14. The van der Waals surface area contributed by atoms with Gasteiger partial charge in [-0.25, -0.2) is 0 Å². The molecule has 31 heavy (non-hydrogen) atoms. The van der Waals surface area contributed by atoms with E-state index in [0.717, 1.165) is 64.0 Å². The van der Waals surface area contributed by atoms with E-state index >= 15 is 0 Å². The van der Waals surface area contributed by atoms with Crippen LogP contribution in [0, 0.1) is 11.8 Å². The molecule has 4 N–H and O–H groups in total. The Kier molecular flexibility index (Phi) is 15.7. The third-order valence-corrected chi connectivity index (χ3v) is 6.01. The van der Waals surface area contributed by atoms with Gasteiger partial charge < -0.3 is 20.4 Å². The lowest BCUT2D eigenvalue weighted by Gasteiger charge is -2.25. The molecule has 1 saturated carbocycles. The van der Waals surface area contributed by atoms with E-state index in [1.165, 1.54) is 6.08 Å². The van der Waals surface area contributed by atoms with Gasteiger partial charge in [0.2, 0.25) is 5.78 Å². The van der Waals surface area contributed by atoms with E-state index < -0.39 is 18.0 Å².